The summed E-state index contributed by atoms with van der Waals surface area (Å²) in [5.74, 6) is 0.973. The van der Waals surface area contributed by atoms with Crippen molar-refractivity contribution in [3.05, 3.63) is 52.5 Å². The summed E-state index contributed by atoms with van der Waals surface area (Å²) in [5, 5.41) is 0. The second-order valence-electron chi connectivity index (χ2n) is 6.92. The minimum absolute atomic E-state index is 0.802. The van der Waals surface area contributed by atoms with Gasteiger partial charge in [-0.1, -0.05) is 15.9 Å². The minimum Gasteiger partial charge on any atom is -0.494 e. The summed E-state index contributed by atoms with van der Waals surface area (Å²) in [4.78, 5) is 4.93. The first kappa shape index (κ1) is 16.9. The molecule has 0 spiro atoms. The molecule has 0 saturated carbocycles. The molecule has 132 valence electrons. The van der Waals surface area contributed by atoms with Gasteiger partial charge in [-0.05, 0) is 86.8 Å². The molecule has 4 heteroatoms. The first-order valence-corrected chi connectivity index (χ1v) is 10.1. The van der Waals surface area contributed by atoms with E-state index in [4.69, 9.17) is 4.74 Å². The van der Waals surface area contributed by atoms with E-state index in [0.29, 0.717) is 0 Å². The molecule has 0 amide bonds. The fraction of sp³-hybridized carbons (Fsp3) is 0.429. The summed E-state index contributed by atoms with van der Waals surface area (Å²) < 4.78 is 7.08. The van der Waals surface area contributed by atoms with Gasteiger partial charge in [-0.15, -0.1) is 0 Å². The van der Waals surface area contributed by atoms with E-state index >= 15 is 0 Å². The Morgan fingerprint density at radius 3 is 2.56 bits per heavy atom. The number of halogens is 1. The van der Waals surface area contributed by atoms with Crippen molar-refractivity contribution in [2.75, 3.05) is 37.7 Å². The van der Waals surface area contributed by atoms with Crippen LogP contribution in [0.3, 0.4) is 0 Å². The number of hydrogen-bond donors (Lipinski definition) is 0. The van der Waals surface area contributed by atoms with Crippen LogP contribution in [-0.4, -0.2) is 37.7 Å². The van der Waals surface area contributed by atoms with Gasteiger partial charge in [0.2, 0.25) is 0 Å². The van der Waals surface area contributed by atoms with Crippen LogP contribution in [0.2, 0.25) is 0 Å². The van der Waals surface area contributed by atoms with Gasteiger partial charge in [0.15, 0.2) is 0 Å². The number of hydrogen-bond acceptors (Lipinski definition) is 3. The van der Waals surface area contributed by atoms with E-state index in [-0.39, 0.29) is 0 Å². The van der Waals surface area contributed by atoms with Crippen LogP contribution in [0.5, 0.6) is 5.75 Å². The first-order valence-electron chi connectivity index (χ1n) is 9.31. The zero-order valence-electron chi connectivity index (χ0n) is 14.6. The molecule has 2 aliphatic heterocycles. The van der Waals surface area contributed by atoms with Crippen molar-refractivity contribution in [2.45, 2.75) is 25.7 Å². The van der Waals surface area contributed by atoms with Crippen molar-refractivity contribution in [3.63, 3.8) is 0 Å². The molecule has 0 bridgehead atoms. The zero-order chi connectivity index (χ0) is 17.1. The van der Waals surface area contributed by atoms with E-state index in [1.807, 2.05) is 0 Å². The summed E-state index contributed by atoms with van der Waals surface area (Å²) in [6.45, 7) is 5.54. The van der Waals surface area contributed by atoms with E-state index in [0.717, 1.165) is 42.8 Å². The van der Waals surface area contributed by atoms with Gasteiger partial charge in [-0.3, -0.25) is 0 Å². The molecule has 1 fully saturated rings. The molecule has 2 aromatic rings. The Balaban J connectivity index is 1.32. The van der Waals surface area contributed by atoms with Crippen LogP contribution in [0.1, 0.15) is 24.8 Å². The zero-order valence-corrected chi connectivity index (χ0v) is 16.2. The summed E-state index contributed by atoms with van der Waals surface area (Å²) in [5.41, 5.74) is 3.98. The van der Waals surface area contributed by atoms with Gasteiger partial charge < -0.3 is 14.5 Å². The fourth-order valence-corrected chi connectivity index (χ4v) is 4.25. The van der Waals surface area contributed by atoms with E-state index in [1.165, 1.54) is 42.9 Å². The summed E-state index contributed by atoms with van der Waals surface area (Å²) in [6, 6.07) is 15.1. The second-order valence-corrected chi connectivity index (χ2v) is 7.84. The molecule has 0 aliphatic carbocycles. The summed E-state index contributed by atoms with van der Waals surface area (Å²) in [7, 11) is 0. The maximum absolute atomic E-state index is 5.92. The van der Waals surface area contributed by atoms with Crippen LogP contribution in [-0.2, 0) is 6.42 Å². The molecule has 0 unspecified atom stereocenters. The second kappa shape index (κ2) is 7.79. The standard InChI is InChI=1S/C21H25BrN2O/c22-18-4-9-21-17(16-18)10-14-24(21)19-5-7-20(8-6-19)25-15-3-13-23-11-1-2-12-23/h4-9,16H,1-3,10-15H2. The molecule has 0 atom stereocenters. The Hall–Kier alpha value is -1.52. The fourth-order valence-electron chi connectivity index (χ4n) is 3.85. The molecule has 0 radical (unpaired) electrons. The van der Waals surface area contributed by atoms with E-state index in [1.54, 1.807) is 0 Å². The van der Waals surface area contributed by atoms with Crippen LogP contribution < -0.4 is 9.64 Å². The highest BCUT2D eigenvalue weighted by Gasteiger charge is 2.20. The molecular weight excluding hydrogens is 376 g/mol. The minimum atomic E-state index is 0.802. The van der Waals surface area contributed by atoms with Crippen molar-refractivity contribution >= 4 is 27.3 Å². The number of likely N-dealkylation sites (tertiary alicyclic amines) is 1. The maximum atomic E-state index is 5.92. The number of anilines is 2. The molecule has 2 aromatic carbocycles. The molecule has 1 saturated heterocycles. The molecule has 0 aromatic heterocycles. The van der Waals surface area contributed by atoms with Crippen molar-refractivity contribution in [2.24, 2.45) is 0 Å². The van der Waals surface area contributed by atoms with Crippen molar-refractivity contribution in [1.82, 2.24) is 4.90 Å². The highest BCUT2D eigenvalue weighted by atomic mass is 79.9. The van der Waals surface area contributed by atoms with Gasteiger partial charge in [0.25, 0.3) is 0 Å². The lowest BCUT2D eigenvalue weighted by Crippen LogP contribution is -2.21. The smallest absolute Gasteiger partial charge is 0.119 e. The molecule has 3 nitrogen and oxygen atoms in total. The molecule has 2 aliphatic rings. The maximum Gasteiger partial charge on any atom is 0.119 e. The lowest BCUT2D eigenvalue weighted by atomic mass is 10.2. The Kier molecular flexibility index (Phi) is 5.28. The van der Waals surface area contributed by atoms with Crippen molar-refractivity contribution in [3.8, 4) is 5.75 Å². The Morgan fingerprint density at radius 2 is 1.76 bits per heavy atom. The van der Waals surface area contributed by atoms with Gasteiger partial charge in [-0.2, -0.15) is 0 Å². The lowest BCUT2D eigenvalue weighted by Gasteiger charge is -2.20. The monoisotopic (exact) mass is 400 g/mol. The predicted molar refractivity (Wildman–Crippen MR) is 107 cm³/mol. The molecular formula is C21H25BrN2O. The Labute approximate surface area is 158 Å². The Bertz CT molecular complexity index is 710. The topological polar surface area (TPSA) is 15.7 Å². The normalized spacial score (nSPS) is 17.1. The Morgan fingerprint density at radius 1 is 0.960 bits per heavy atom. The quantitative estimate of drug-likeness (QED) is 0.633. The highest BCUT2D eigenvalue weighted by molar-refractivity contribution is 9.10. The van der Waals surface area contributed by atoms with E-state index in [9.17, 15) is 0 Å². The average molecular weight is 401 g/mol. The van der Waals surface area contributed by atoms with Crippen LogP contribution in [0, 0.1) is 0 Å². The van der Waals surface area contributed by atoms with Crippen LogP contribution in [0.25, 0.3) is 0 Å². The lowest BCUT2D eigenvalue weighted by molar-refractivity contribution is 0.263. The number of ether oxygens (including phenoxy) is 1. The van der Waals surface area contributed by atoms with Gasteiger partial charge in [0.05, 0.1) is 6.61 Å². The first-order chi connectivity index (χ1) is 12.3. The SMILES string of the molecule is Brc1ccc2c(c1)CCN2c1ccc(OCCCN2CCCC2)cc1. The van der Waals surface area contributed by atoms with Crippen LogP contribution in [0.15, 0.2) is 46.9 Å². The molecule has 0 N–H and O–H groups in total. The number of benzene rings is 2. The average Bonchev–Trinajstić information content (AvgIpc) is 3.28. The largest absolute Gasteiger partial charge is 0.494 e. The van der Waals surface area contributed by atoms with Gasteiger partial charge in [0, 0.05) is 28.9 Å². The van der Waals surface area contributed by atoms with E-state index in [2.05, 4.69) is 68.2 Å². The predicted octanol–water partition coefficient (Wildman–Crippen LogP) is 5.01. The molecule has 25 heavy (non-hydrogen) atoms. The molecule has 2 heterocycles. The molecule has 4 rings (SSSR count). The third kappa shape index (κ3) is 4.01. The van der Waals surface area contributed by atoms with Gasteiger partial charge >= 0.3 is 0 Å². The third-order valence-corrected chi connectivity index (χ3v) is 5.66. The number of fused-ring (bicyclic) bond motifs is 1. The van der Waals surface area contributed by atoms with Crippen LogP contribution >= 0.6 is 15.9 Å². The van der Waals surface area contributed by atoms with Crippen molar-refractivity contribution < 1.29 is 4.74 Å². The van der Waals surface area contributed by atoms with E-state index < -0.39 is 0 Å². The van der Waals surface area contributed by atoms with Gasteiger partial charge in [-0.25, -0.2) is 0 Å². The highest BCUT2D eigenvalue weighted by Crippen LogP contribution is 2.36. The van der Waals surface area contributed by atoms with Gasteiger partial charge in [0.1, 0.15) is 5.75 Å². The third-order valence-electron chi connectivity index (χ3n) is 5.17. The number of rotatable bonds is 6. The van der Waals surface area contributed by atoms with Crippen molar-refractivity contribution in [1.29, 1.82) is 0 Å². The number of nitrogens with zero attached hydrogens (tertiary/aromatic N) is 2. The summed E-state index contributed by atoms with van der Waals surface area (Å²) >= 11 is 3.56. The van der Waals surface area contributed by atoms with Crippen LogP contribution in [0.4, 0.5) is 11.4 Å². The summed E-state index contributed by atoms with van der Waals surface area (Å²) in [6.07, 6.45) is 4.93.